The number of rotatable bonds is 18. The predicted octanol–water partition coefficient (Wildman–Crippen LogP) is 3.37. The molecule has 26 heavy (non-hydrogen) atoms. The average Bonchev–Trinajstić information content (AvgIpc) is 2.57. The SMILES string of the molecule is CCCCCCCCCC(CCCCCCCCC)(C(=O)[O-])C(=O)[O-].[Mg+2]. The molecule has 0 rings (SSSR count). The van der Waals surface area contributed by atoms with Crippen LogP contribution in [-0.2, 0) is 9.59 Å². The first-order valence-corrected chi connectivity index (χ1v) is 10.4. The minimum Gasteiger partial charge on any atom is -0.549 e. The number of hydrogen-bond acceptors (Lipinski definition) is 4. The predicted molar refractivity (Wildman–Crippen MR) is 103 cm³/mol. The monoisotopic (exact) mass is 378 g/mol. The summed E-state index contributed by atoms with van der Waals surface area (Å²) in [5, 5.41) is 23.1. The molecule has 0 spiro atoms. The van der Waals surface area contributed by atoms with Gasteiger partial charge in [-0.3, -0.25) is 0 Å². The first kappa shape index (κ1) is 27.9. The van der Waals surface area contributed by atoms with Crippen molar-refractivity contribution in [1.29, 1.82) is 0 Å². The molecule has 0 amide bonds. The molecule has 0 saturated carbocycles. The second kappa shape index (κ2) is 18.1. The van der Waals surface area contributed by atoms with Crippen molar-refractivity contribution in [2.45, 2.75) is 117 Å². The van der Waals surface area contributed by atoms with Crippen molar-refractivity contribution in [1.82, 2.24) is 0 Å². The van der Waals surface area contributed by atoms with Crippen LogP contribution in [0.3, 0.4) is 0 Å². The van der Waals surface area contributed by atoms with Crippen LogP contribution in [0, 0.1) is 5.41 Å². The molecule has 0 aliphatic heterocycles. The van der Waals surface area contributed by atoms with Crippen LogP contribution in [0.2, 0.25) is 0 Å². The molecule has 0 N–H and O–H groups in total. The number of carbonyl (C=O) groups is 2. The summed E-state index contributed by atoms with van der Waals surface area (Å²) >= 11 is 0. The summed E-state index contributed by atoms with van der Waals surface area (Å²) in [5.41, 5.74) is -1.80. The molecular weight excluding hydrogens is 341 g/mol. The molecule has 0 radical (unpaired) electrons. The van der Waals surface area contributed by atoms with Crippen molar-refractivity contribution in [2.75, 3.05) is 0 Å². The van der Waals surface area contributed by atoms with Gasteiger partial charge < -0.3 is 19.8 Å². The number of hydrogen-bond donors (Lipinski definition) is 0. The van der Waals surface area contributed by atoms with Crippen molar-refractivity contribution >= 4 is 35.0 Å². The van der Waals surface area contributed by atoms with Gasteiger partial charge in [-0.2, -0.15) is 0 Å². The van der Waals surface area contributed by atoms with E-state index < -0.39 is 17.4 Å². The Morgan fingerprint density at radius 2 is 0.846 bits per heavy atom. The number of carbonyl (C=O) groups excluding carboxylic acids is 2. The smallest absolute Gasteiger partial charge is 0.549 e. The Bertz CT molecular complexity index is 324. The molecule has 0 unspecified atom stereocenters. The van der Waals surface area contributed by atoms with Gasteiger partial charge in [0.1, 0.15) is 0 Å². The van der Waals surface area contributed by atoms with Crippen LogP contribution < -0.4 is 10.2 Å². The molecule has 0 aromatic carbocycles. The average molecular weight is 379 g/mol. The van der Waals surface area contributed by atoms with Crippen molar-refractivity contribution < 1.29 is 19.8 Å². The summed E-state index contributed by atoms with van der Waals surface area (Å²) in [4.78, 5) is 23.1. The Balaban J connectivity index is 0. The minimum absolute atomic E-state index is 0. The molecule has 0 atom stereocenters. The van der Waals surface area contributed by atoms with E-state index in [1.807, 2.05) is 0 Å². The van der Waals surface area contributed by atoms with Crippen LogP contribution >= 0.6 is 0 Å². The van der Waals surface area contributed by atoms with Crippen LogP contribution in [-0.4, -0.2) is 35.0 Å². The molecule has 0 saturated heterocycles. The van der Waals surface area contributed by atoms with E-state index in [0.717, 1.165) is 38.5 Å². The van der Waals surface area contributed by atoms with Crippen LogP contribution in [0.25, 0.3) is 0 Å². The van der Waals surface area contributed by atoms with Gasteiger partial charge >= 0.3 is 23.1 Å². The van der Waals surface area contributed by atoms with E-state index in [4.69, 9.17) is 0 Å². The van der Waals surface area contributed by atoms with Gasteiger partial charge in [-0.1, -0.05) is 104 Å². The fourth-order valence-electron chi connectivity index (χ4n) is 3.38. The van der Waals surface area contributed by atoms with E-state index in [-0.39, 0.29) is 35.9 Å². The summed E-state index contributed by atoms with van der Waals surface area (Å²) in [6, 6.07) is 0. The van der Waals surface area contributed by atoms with Crippen molar-refractivity contribution in [3.63, 3.8) is 0 Å². The zero-order chi connectivity index (χ0) is 19.0. The number of aliphatic carboxylic acids is 2. The maximum absolute atomic E-state index is 11.5. The zero-order valence-corrected chi connectivity index (χ0v) is 18.6. The van der Waals surface area contributed by atoms with E-state index >= 15 is 0 Å². The quantitative estimate of drug-likeness (QED) is 0.208. The summed E-state index contributed by atoms with van der Waals surface area (Å²) in [6.45, 7) is 4.33. The van der Waals surface area contributed by atoms with Crippen molar-refractivity contribution in [3.05, 3.63) is 0 Å². The van der Waals surface area contributed by atoms with E-state index in [0.29, 0.717) is 12.8 Å². The van der Waals surface area contributed by atoms with Gasteiger partial charge in [0.05, 0.1) is 11.9 Å². The summed E-state index contributed by atoms with van der Waals surface area (Å²) in [7, 11) is 0. The molecule has 0 aromatic rings. The maximum Gasteiger partial charge on any atom is 2.00 e. The molecule has 0 aromatic heterocycles. The van der Waals surface area contributed by atoms with Crippen LogP contribution in [0.1, 0.15) is 117 Å². The van der Waals surface area contributed by atoms with Crippen LogP contribution in [0.5, 0.6) is 0 Å². The van der Waals surface area contributed by atoms with E-state index in [1.165, 1.54) is 38.5 Å². The minimum atomic E-state index is -1.80. The van der Waals surface area contributed by atoms with Gasteiger partial charge in [0.2, 0.25) is 0 Å². The second-order valence-electron chi connectivity index (χ2n) is 7.40. The van der Waals surface area contributed by atoms with Gasteiger partial charge in [-0.25, -0.2) is 0 Å². The molecule has 0 heterocycles. The fourth-order valence-corrected chi connectivity index (χ4v) is 3.38. The zero-order valence-electron chi connectivity index (χ0n) is 17.2. The third kappa shape index (κ3) is 12.2. The Kier molecular flexibility index (Phi) is 19.4. The first-order valence-electron chi connectivity index (χ1n) is 10.4. The fraction of sp³-hybridized carbons (Fsp3) is 0.905. The Hall–Kier alpha value is -0.294. The molecule has 0 aliphatic carbocycles. The molecular formula is C21H38MgO4. The van der Waals surface area contributed by atoms with Gasteiger partial charge in [0, 0.05) is 5.41 Å². The maximum atomic E-state index is 11.5. The summed E-state index contributed by atoms with van der Waals surface area (Å²) in [5.74, 6) is -2.94. The molecule has 5 heteroatoms. The molecule has 4 nitrogen and oxygen atoms in total. The van der Waals surface area contributed by atoms with Gasteiger partial charge in [0.15, 0.2) is 0 Å². The van der Waals surface area contributed by atoms with E-state index in [1.54, 1.807) is 0 Å². The van der Waals surface area contributed by atoms with Gasteiger partial charge in [0.25, 0.3) is 0 Å². The van der Waals surface area contributed by atoms with Crippen LogP contribution in [0.4, 0.5) is 0 Å². The Labute approximate surface area is 176 Å². The van der Waals surface area contributed by atoms with Crippen molar-refractivity contribution in [2.24, 2.45) is 5.41 Å². The molecule has 148 valence electrons. The third-order valence-electron chi connectivity index (χ3n) is 5.20. The summed E-state index contributed by atoms with van der Waals surface area (Å²) < 4.78 is 0. The number of carboxylic acid groups (broad SMARTS) is 2. The van der Waals surface area contributed by atoms with E-state index in [2.05, 4.69) is 13.8 Å². The van der Waals surface area contributed by atoms with Crippen molar-refractivity contribution in [3.8, 4) is 0 Å². The Morgan fingerprint density at radius 3 is 1.12 bits per heavy atom. The Morgan fingerprint density at radius 1 is 0.577 bits per heavy atom. The standard InChI is InChI=1S/C21H40O4.Mg/c1-3-5-7-9-11-13-15-17-21(19(22)23,20(24)25)18-16-14-12-10-8-6-4-2;/h3-18H2,1-2H3,(H,22,23)(H,24,25);/q;+2/p-2. The van der Waals surface area contributed by atoms with Gasteiger partial charge in [-0.05, 0) is 12.8 Å². The van der Waals surface area contributed by atoms with Gasteiger partial charge in [-0.15, -0.1) is 0 Å². The van der Waals surface area contributed by atoms with Crippen LogP contribution in [0.15, 0.2) is 0 Å². The first-order chi connectivity index (χ1) is 12.0. The third-order valence-corrected chi connectivity index (χ3v) is 5.20. The number of unbranched alkanes of at least 4 members (excludes halogenated alkanes) is 12. The summed E-state index contributed by atoms with van der Waals surface area (Å²) in [6.07, 6.45) is 14.8. The topological polar surface area (TPSA) is 80.3 Å². The molecule has 0 fully saturated rings. The number of carboxylic acids is 2. The normalized spacial score (nSPS) is 11.2. The van der Waals surface area contributed by atoms with E-state index in [9.17, 15) is 19.8 Å². The second-order valence-corrected chi connectivity index (χ2v) is 7.40. The molecule has 0 bridgehead atoms. The largest absolute Gasteiger partial charge is 2.00 e. The molecule has 0 aliphatic rings.